The third kappa shape index (κ3) is 4.63. The zero-order chi connectivity index (χ0) is 13.6. The zero-order valence-electron chi connectivity index (χ0n) is 11.6. The van der Waals surface area contributed by atoms with E-state index in [1.165, 1.54) is 0 Å². The summed E-state index contributed by atoms with van der Waals surface area (Å²) in [6, 6.07) is 0. The van der Waals surface area contributed by atoms with Crippen LogP contribution < -0.4 is 10.6 Å². The number of thioether (sulfide) groups is 1. The molecule has 1 atom stereocenters. The van der Waals surface area contributed by atoms with E-state index < -0.39 is 0 Å². The van der Waals surface area contributed by atoms with E-state index in [9.17, 15) is 4.79 Å². The average Bonchev–Trinajstić information content (AvgIpc) is 2.93. The first-order valence-electron chi connectivity index (χ1n) is 6.96. The standard InChI is InChI=1S/C13H24N2O3S/c1-17-13(4-7-18-10-13)9-15-12(16)8-19-11-2-5-14-6-3-11/h11,14H,2-10H2,1H3,(H,15,16). The molecule has 2 aliphatic heterocycles. The highest BCUT2D eigenvalue weighted by atomic mass is 32.2. The van der Waals surface area contributed by atoms with Crippen molar-refractivity contribution in [1.82, 2.24) is 10.6 Å². The van der Waals surface area contributed by atoms with E-state index >= 15 is 0 Å². The molecule has 0 aromatic heterocycles. The Kier molecular flexibility index (Phi) is 5.94. The van der Waals surface area contributed by atoms with Crippen LogP contribution in [0, 0.1) is 0 Å². The molecular formula is C13H24N2O3S. The Morgan fingerprint density at radius 1 is 1.53 bits per heavy atom. The second-order valence-electron chi connectivity index (χ2n) is 5.23. The highest BCUT2D eigenvalue weighted by Gasteiger charge is 2.35. The van der Waals surface area contributed by atoms with Gasteiger partial charge in [-0.25, -0.2) is 0 Å². The van der Waals surface area contributed by atoms with Gasteiger partial charge in [0.25, 0.3) is 0 Å². The molecule has 6 heteroatoms. The lowest BCUT2D eigenvalue weighted by molar-refractivity contribution is -0.120. The van der Waals surface area contributed by atoms with Crippen molar-refractivity contribution in [2.24, 2.45) is 0 Å². The minimum atomic E-state index is -0.310. The largest absolute Gasteiger partial charge is 0.378 e. The third-order valence-corrected chi connectivity index (χ3v) is 5.22. The normalized spacial score (nSPS) is 28.5. The monoisotopic (exact) mass is 288 g/mol. The lowest BCUT2D eigenvalue weighted by Gasteiger charge is -2.26. The lowest BCUT2D eigenvalue weighted by atomic mass is 10.0. The lowest BCUT2D eigenvalue weighted by Crippen LogP contribution is -2.45. The summed E-state index contributed by atoms with van der Waals surface area (Å²) in [5.74, 6) is 0.651. The maximum absolute atomic E-state index is 11.9. The average molecular weight is 288 g/mol. The van der Waals surface area contributed by atoms with E-state index in [0.717, 1.165) is 32.4 Å². The van der Waals surface area contributed by atoms with Gasteiger partial charge in [-0.3, -0.25) is 4.79 Å². The van der Waals surface area contributed by atoms with Gasteiger partial charge >= 0.3 is 0 Å². The minimum Gasteiger partial charge on any atom is -0.378 e. The fourth-order valence-corrected chi connectivity index (χ4v) is 3.49. The predicted octanol–water partition coefficient (Wildman–Crippen LogP) is 0.393. The quantitative estimate of drug-likeness (QED) is 0.740. The Bertz CT molecular complexity index is 290. The van der Waals surface area contributed by atoms with Gasteiger partial charge < -0.3 is 20.1 Å². The Morgan fingerprint density at radius 2 is 2.32 bits per heavy atom. The first kappa shape index (κ1) is 15.1. The van der Waals surface area contributed by atoms with Crippen LogP contribution in [0.1, 0.15) is 19.3 Å². The molecule has 0 aliphatic carbocycles. The molecule has 0 aromatic carbocycles. The number of carbonyl (C=O) groups is 1. The number of piperidine rings is 1. The van der Waals surface area contributed by atoms with E-state index in [1.54, 1.807) is 18.9 Å². The molecule has 0 radical (unpaired) electrons. The molecule has 2 rings (SSSR count). The molecule has 0 aromatic rings. The summed E-state index contributed by atoms with van der Waals surface area (Å²) in [7, 11) is 1.69. The van der Waals surface area contributed by atoms with Crippen molar-refractivity contribution in [2.45, 2.75) is 30.1 Å². The van der Waals surface area contributed by atoms with Crippen LogP contribution in [0.25, 0.3) is 0 Å². The molecule has 5 nitrogen and oxygen atoms in total. The Balaban J connectivity index is 1.63. The first-order chi connectivity index (χ1) is 9.24. The van der Waals surface area contributed by atoms with E-state index in [0.29, 0.717) is 30.8 Å². The summed E-state index contributed by atoms with van der Waals surface area (Å²) in [4.78, 5) is 11.9. The molecule has 110 valence electrons. The number of hydrogen-bond donors (Lipinski definition) is 2. The number of methoxy groups -OCH3 is 1. The van der Waals surface area contributed by atoms with Crippen molar-refractivity contribution < 1.29 is 14.3 Å². The molecular weight excluding hydrogens is 264 g/mol. The Hall–Kier alpha value is -0.300. The van der Waals surface area contributed by atoms with Crippen molar-refractivity contribution >= 4 is 17.7 Å². The molecule has 0 bridgehead atoms. The van der Waals surface area contributed by atoms with Gasteiger partial charge in [0, 0.05) is 31.9 Å². The molecule has 19 heavy (non-hydrogen) atoms. The second kappa shape index (κ2) is 7.47. The van der Waals surface area contributed by atoms with Crippen LogP contribution in [0.5, 0.6) is 0 Å². The van der Waals surface area contributed by atoms with Crippen molar-refractivity contribution in [1.29, 1.82) is 0 Å². The first-order valence-corrected chi connectivity index (χ1v) is 8.01. The molecule has 2 aliphatic rings. The molecule has 0 spiro atoms. The van der Waals surface area contributed by atoms with Gasteiger partial charge in [-0.05, 0) is 25.9 Å². The summed E-state index contributed by atoms with van der Waals surface area (Å²) in [5, 5.41) is 6.93. The number of rotatable bonds is 6. The van der Waals surface area contributed by atoms with Gasteiger partial charge in [-0.2, -0.15) is 0 Å². The molecule has 2 heterocycles. The molecule has 1 unspecified atom stereocenters. The van der Waals surface area contributed by atoms with Crippen LogP contribution in [0.15, 0.2) is 0 Å². The number of ether oxygens (including phenoxy) is 2. The van der Waals surface area contributed by atoms with Gasteiger partial charge in [-0.15, -0.1) is 11.8 Å². The van der Waals surface area contributed by atoms with Crippen LogP contribution in [-0.4, -0.2) is 62.5 Å². The molecule has 2 N–H and O–H groups in total. The van der Waals surface area contributed by atoms with E-state index in [1.807, 2.05) is 0 Å². The van der Waals surface area contributed by atoms with Gasteiger partial charge in [-0.1, -0.05) is 0 Å². The fourth-order valence-electron chi connectivity index (χ4n) is 2.43. The minimum absolute atomic E-state index is 0.104. The topological polar surface area (TPSA) is 59.6 Å². The van der Waals surface area contributed by atoms with Crippen molar-refractivity contribution in [3.05, 3.63) is 0 Å². The van der Waals surface area contributed by atoms with Gasteiger partial charge in [0.1, 0.15) is 5.60 Å². The fraction of sp³-hybridized carbons (Fsp3) is 0.923. The van der Waals surface area contributed by atoms with Gasteiger partial charge in [0.15, 0.2) is 0 Å². The van der Waals surface area contributed by atoms with Gasteiger partial charge in [0.05, 0.1) is 12.4 Å². The Labute approximate surface area is 119 Å². The van der Waals surface area contributed by atoms with Crippen molar-refractivity contribution in [2.75, 3.05) is 45.7 Å². The summed E-state index contributed by atoms with van der Waals surface area (Å²) < 4.78 is 10.8. The van der Waals surface area contributed by atoms with Crippen LogP contribution >= 0.6 is 11.8 Å². The van der Waals surface area contributed by atoms with Crippen LogP contribution in [0.4, 0.5) is 0 Å². The number of nitrogens with one attached hydrogen (secondary N) is 2. The van der Waals surface area contributed by atoms with Crippen molar-refractivity contribution in [3.63, 3.8) is 0 Å². The highest BCUT2D eigenvalue weighted by Crippen LogP contribution is 2.22. The second-order valence-corrected chi connectivity index (χ2v) is 6.52. The molecule has 2 fully saturated rings. The van der Waals surface area contributed by atoms with Gasteiger partial charge in [0.2, 0.25) is 5.91 Å². The van der Waals surface area contributed by atoms with Crippen molar-refractivity contribution in [3.8, 4) is 0 Å². The van der Waals surface area contributed by atoms with Crippen LogP contribution in [-0.2, 0) is 14.3 Å². The SMILES string of the molecule is COC1(CNC(=O)CSC2CCNCC2)CCOC1. The molecule has 2 saturated heterocycles. The maximum Gasteiger partial charge on any atom is 0.230 e. The summed E-state index contributed by atoms with van der Waals surface area (Å²) >= 11 is 1.77. The molecule has 0 saturated carbocycles. The number of hydrogen-bond acceptors (Lipinski definition) is 5. The van der Waals surface area contributed by atoms with E-state index in [-0.39, 0.29) is 11.5 Å². The highest BCUT2D eigenvalue weighted by molar-refractivity contribution is 8.00. The summed E-state index contributed by atoms with van der Waals surface area (Å²) in [5.41, 5.74) is -0.310. The van der Waals surface area contributed by atoms with E-state index in [2.05, 4.69) is 10.6 Å². The maximum atomic E-state index is 11.9. The smallest absolute Gasteiger partial charge is 0.230 e. The summed E-state index contributed by atoms with van der Waals surface area (Å²) in [6.45, 7) is 3.99. The summed E-state index contributed by atoms with van der Waals surface area (Å²) in [6.07, 6.45) is 3.17. The van der Waals surface area contributed by atoms with Crippen LogP contribution in [0.3, 0.4) is 0 Å². The Morgan fingerprint density at radius 3 is 2.95 bits per heavy atom. The number of amides is 1. The van der Waals surface area contributed by atoms with Crippen LogP contribution in [0.2, 0.25) is 0 Å². The van der Waals surface area contributed by atoms with E-state index in [4.69, 9.17) is 9.47 Å². The predicted molar refractivity (Wildman–Crippen MR) is 76.5 cm³/mol. The zero-order valence-corrected chi connectivity index (χ0v) is 12.4. The third-order valence-electron chi connectivity index (χ3n) is 3.84. The number of carbonyl (C=O) groups excluding carboxylic acids is 1. The molecule has 1 amide bonds.